The molecule has 0 fully saturated rings. The first-order valence-electron chi connectivity index (χ1n) is 6.01. The van der Waals surface area contributed by atoms with Crippen LogP contribution >= 0.6 is 17.0 Å². The number of hydrogen-bond acceptors (Lipinski definition) is 0. The summed E-state index contributed by atoms with van der Waals surface area (Å²) in [7, 11) is 15.2. The molecule has 2 radical (unpaired) electrons. The molecule has 0 atom stereocenters. The number of allylic oxidation sites excluding steroid dienone is 8. The van der Waals surface area contributed by atoms with Crippen LogP contribution in [0.3, 0.4) is 0 Å². The van der Waals surface area contributed by atoms with Gasteiger partial charge < -0.3 is 0 Å². The predicted molar refractivity (Wildman–Crippen MR) is 86.7 cm³/mol. The van der Waals surface area contributed by atoms with Gasteiger partial charge in [0.1, 0.15) is 7.85 Å². The van der Waals surface area contributed by atoms with Crippen molar-refractivity contribution in [3.8, 4) is 0 Å². The van der Waals surface area contributed by atoms with Crippen LogP contribution in [0.15, 0.2) is 66.8 Å². The Bertz CT molecular complexity index is 383. The van der Waals surface area contributed by atoms with Gasteiger partial charge in [0.05, 0.1) is 0 Å². The second-order valence-corrected chi connectivity index (χ2v) is 7.22. The van der Waals surface area contributed by atoms with E-state index in [4.69, 9.17) is 24.9 Å². The third-order valence-electron chi connectivity index (χ3n) is 1.97. The van der Waals surface area contributed by atoms with E-state index in [0.717, 1.165) is 18.3 Å². The Morgan fingerprint density at radius 1 is 0.900 bits per heavy atom. The molecule has 3 rings (SSSR count). The fraction of sp³-hybridized carbons (Fsp3) is 0.125. The maximum absolute atomic E-state index is 5.36. The van der Waals surface area contributed by atoms with E-state index in [0.29, 0.717) is 0 Å². The predicted octanol–water partition coefficient (Wildman–Crippen LogP) is 4.47. The maximum atomic E-state index is 5.36. The summed E-state index contributed by atoms with van der Waals surface area (Å²) in [5, 5.41) is 0. The molecule has 20 heavy (non-hydrogen) atoms. The molecule has 2 aliphatic carbocycles. The van der Waals surface area contributed by atoms with Crippen LogP contribution < -0.4 is 5.46 Å². The summed E-state index contributed by atoms with van der Waals surface area (Å²) in [5.74, 6) is 0. The van der Waals surface area contributed by atoms with E-state index in [-0.39, 0.29) is 0 Å². The Morgan fingerprint density at radius 3 is 1.50 bits per heavy atom. The van der Waals surface area contributed by atoms with Crippen molar-refractivity contribution in [3.63, 3.8) is 0 Å². The Hall–Kier alpha value is -0.292. The van der Waals surface area contributed by atoms with Crippen molar-refractivity contribution in [3.05, 3.63) is 78.9 Å². The first kappa shape index (κ1) is 19.7. The molecule has 0 bridgehead atoms. The van der Waals surface area contributed by atoms with Gasteiger partial charge in [-0.25, -0.2) is 24.3 Å². The second-order valence-electron chi connectivity index (χ2n) is 3.49. The van der Waals surface area contributed by atoms with E-state index >= 15 is 0 Å². The summed E-state index contributed by atoms with van der Waals surface area (Å²) in [6, 6.07) is 9.49. The van der Waals surface area contributed by atoms with E-state index in [1.165, 1.54) is 0 Å². The summed E-state index contributed by atoms with van der Waals surface area (Å²) in [6.07, 6.45) is 20.0. The molecule has 0 aromatic heterocycles. The van der Waals surface area contributed by atoms with Gasteiger partial charge in [-0.2, -0.15) is 12.2 Å². The van der Waals surface area contributed by atoms with E-state index in [9.17, 15) is 0 Å². The summed E-state index contributed by atoms with van der Waals surface area (Å²) >= 11 is -0.826. The molecule has 0 unspecified atom stereocenters. The van der Waals surface area contributed by atoms with E-state index in [1.807, 2.05) is 54.6 Å². The number of rotatable bonds is 0. The monoisotopic (exact) mass is 378 g/mol. The molecule has 0 heterocycles. The van der Waals surface area contributed by atoms with Crippen molar-refractivity contribution in [1.82, 2.24) is 0 Å². The van der Waals surface area contributed by atoms with Crippen molar-refractivity contribution < 1.29 is 20.8 Å². The molecule has 0 N–H and O–H groups in total. The topological polar surface area (TPSA) is 0 Å². The molecule has 0 spiro atoms. The van der Waals surface area contributed by atoms with E-state index in [1.54, 1.807) is 0 Å². The van der Waals surface area contributed by atoms with Gasteiger partial charge in [-0.05, 0) is 0 Å². The van der Waals surface area contributed by atoms with Crippen molar-refractivity contribution in [2.45, 2.75) is 12.8 Å². The van der Waals surface area contributed by atoms with Crippen molar-refractivity contribution in [2.24, 2.45) is 0 Å². The third-order valence-corrected chi connectivity index (χ3v) is 1.97. The molecule has 0 nitrogen and oxygen atoms in total. The Labute approximate surface area is 142 Å². The van der Waals surface area contributed by atoms with Gasteiger partial charge in [0.2, 0.25) is 0 Å². The molecule has 1 aromatic rings. The van der Waals surface area contributed by atoms with Crippen LogP contribution in [0.2, 0.25) is 0 Å². The van der Waals surface area contributed by atoms with E-state index in [2.05, 4.69) is 24.3 Å². The van der Waals surface area contributed by atoms with Crippen LogP contribution in [0, 0.1) is 12.2 Å². The number of hydrogen-bond donors (Lipinski definition) is 0. The molecule has 0 amide bonds. The van der Waals surface area contributed by atoms with Crippen molar-refractivity contribution in [2.75, 3.05) is 0 Å². The van der Waals surface area contributed by atoms with Crippen molar-refractivity contribution >= 4 is 30.3 Å². The molecule has 0 aliphatic heterocycles. The fourth-order valence-electron chi connectivity index (χ4n) is 1.13. The molecule has 0 saturated heterocycles. The molecule has 100 valence electrons. The fourth-order valence-corrected chi connectivity index (χ4v) is 1.13. The Balaban J connectivity index is 0.000000251. The summed E-state index contributed by atoms with van der Waals surface area (Å²) in [6.45, 7) is 0. The molecule has 0 saturated carbocycles. The summed E-state index contributed by atoms with van der Waals surface area (Å²) in [5.41, 5.74) is 0.822. The van der Waals surface area contributed by atoms with Gasteiger partial charge in [-0.15, -0.1) is 12.8 Å². The van der Waals surface area contributed by atoms with Gasteiger partial charge in [0.25, 0.3) is 0 Å². The van der Waals surface area contributed by atoms with Gasteiger partial charge in [-0.3, -0.25) is 12.2 Å². The number of halogens is 2. The van der Waals surface area contributed by atoms with Gasteiger partial charge >= 0.3 is 37.9 Å². The standard InChI is InChI=1S/C6H5B.2C5H5.2ClH.Zr/c7-6-4-2-1-3-5-6;2*1-2-4-5-3-1;;;/h1-5H;2*1-3H,4H2;2*1H;/q;2*-1;;;+4/p-2. The quantitative estimate of drug-likeness (QED) is 0.460. The van der Waals surface area contributed by atoms with E-state index < -0.39 is 20.8 Å². The summed E-state index contributed by atoms with van der Waals surface area (Å²) in [4.78, 5) is 0. The molecular weight excluding hydrogens is 365 g/mol. The summed E-state index contributed by atoms with van der Waals surface area (Å²) < 4.78 is 0. The van der Waals surface area contributed by atoms with Gasteiger partial charge in [-0.1, -0.05) is 35.8 Å². The minimum atomic E-state index is -0.826. The van der Waals surface area contributed by atoms with Gasteiger partial charge in [0, 0.05) is 0 Å². The molecule has 1 aromatic carbocycles. The van der Waals surface area contributed by atoms with Crippen LogP contribution in [0.4, 0.5) is 0 Å². The zero-order valence-electron chi connectivity index (χ0n) is 11.1. The zero-order chi connectivity index (χ0) is 14.9. The SMILES string of the molecule is [B]c1ccccc1.[C-]1=CC=CC1.[C-]1=CC=CC1.[Cl][Zr+2][Cl]. The Morgan fingerprint density at radius 2 is 1.35 bits per heavy atom. The minimum absolute atomic E-state index is 0.822. The van der Waals surface area contributed by atoms with Crippen LogP contribution in [0.25, 0.3) is 0 Å². The van der Waals surface area contributed by atoms with Crippen LogP contribution in [-0.4, -0.2) is 7.85 Å². The average Bonchev–Trinajstić information content (AvgIpc) is 3.20. The third kappa shape index (κ3) is 15.8. The van der Waals surface area contributed by atoms with Gasteiger partial charge in [0.15, 0.2) is 0 Å². The average molecular weight is 380 g/mol. The second kappa shape index (κ2) is 16.8. The van der Waals surface area contributed by atoms with Crippen molar-refractivity contribution in [1.29, 1.82) is 0 Å². The molecule has 4 heteroatoms. The van der Waals surface area contributed by atoms with Crippen LogP contribution in [0.1, 0.15) is 12.8 Å². The first-order chi connectivity index (χ1) is 9.81. The van der Waals surface area contributed by atoms with Crippen LogP contribution in [-0.2, 0) is 20.8 Å². The normalized spacial score (nSPS) is 12.3. The number of benzene rings is 1. The van der Waals surface area contributed by atoms with Crippen LogP contribution in [0.5, 0.6) is 0 Å². The zero-order valence-corrected chi connectivity index (χ0v) is 15.1. The molecule has 2 aliphatic rings. The first-order valence-corrected chi connectivity index (χ1v) is 12.3. The molecular formula is C16H15BCl2Zr. The Kier molecular flexibility index (Phi) is 16.5.